The van der Waals surface area contributed by atoms with E-state index in [1.54, 1.807) is 25.3 Å². The molecule has 5 nitrogen and oxygen atoms in total. The van der Waals surface area contributed by atoms with Crippen LogP contribution in [0.25, 0.3) is 6.08 Å². The van der Waals surface area contributed by atoms with Gasteiger partial charge in [-0.1, -0.05) is 18.2 Å². The first-order valence-electron chi connectivity index (χ1n) is 9.54. The number of amides is 1. The second-order valence-corrected chi connectivity index (χ2v) is 7.01. The molecule has 1 saturated heterocycles. The number of hydrogen-bond donors (Lipinski definition) is 1. The average Bonchev–Trinajstić information content (AvgIpc) is 3.20. The molecule has 1 N–H and O–H groups in total. The molecule has 1 amide bonds. The maximum absolute atomic E-state index is 12.6. The van der Waals surface area contributed by atoms with E-state index in [4.69, 9.17) is 4.74 Å². The van der Waals surface area contributed by atoms with Crippen LogP contribution in [-0.2, 0) is 11.3 Å². The number of ketones is 1. The first-order valence-corrected chi connectivity index (χ1v) is 9.54. The van der Waals surface area contributed by atoms with Crippen molar-refractivity contribution < 1.29 is 14.3 Å². The summed E-state index contributed by atoms with van der Waals surface area (Å²) in [6, 6.07) is 13.0. The van der Waals surface area contributed by atoms with Crippen LogP contribution in [0.5, 0.6) is 5.75 Å². The van der Waals surface area contributed by atoms with E-state index in [1.807, 2.05) is 36.4 Å². The fourth-order valence-electron chi connectivity index (χ4n) is 3.39. The number of hydrogen-bond acceptors (Lipinski definition) is 4. The minimum Gasteiger partial charge on any atom is -0.496 e. The standard InChI is InChI=1S/C23H26N2O3/c1-17(26)24-21-9-5-18(6-10-21)7-11-22(27)19-8-12-23(28-2)20(15-19)16-25-13-3-4-14-25/h5-12,15H,3-4,13-14,16H2,1-2H3,(H,24,26)/b11-7+. The van der Waals surface area contributed by atoms with Gasteiger partial charge in [-0.05, 0) is 67.9 Å². The summed E-state index contributed by atoms with van der Waals surface area (Å²) in [5.74, 6) is 0.667. The molecule has 0 radical (unpaired) electrons. The van der Waals surface area contributed by atoms with Crippen molar-refractivity contribution in [1.82, 2.24) is 4.90 Å². The van der Waals surface area contributed by atoms with E-state index < -0.39 is 0 Å². The second kappa shape index (κ2) is 9.33. The summed E-state index contributed by atoms with van der Waals surface area (Å²) in [5.41, 5.74) is 3.33. The van der Waals surface area contributed by atoms with E-state index in [2.05, 4.69) is 10.2 Å². The molecular formula is C23H26N2O3. The predicted octanol–water partition coefficient (Wildman–Crippen LogP) is 4.15. The highest BCUT2D eigenvalue weighted by molar-refractivity contribution is 6.07. The Morgan fingerprint density at radius 3 is 2.46 bits per heavy atom. The van der Waals surface area contributed by atoms with Gasteiger partial charge in [-0.15, -0.1) is 0 Å². The molecular weight excluding hydrogens is 352 g/mol. The Morgan fingerprint density at radius 2 is 1.82 bits per heavy atom. The number of likely N-dealkylation sites (tertiary alicyclic amines) is 1. The van der Waals surface area contributed by atoms with Crippen molar-refractivity contribution in [2.45, 2.75) is 26.3 Å². The number of rotatable bonds is 7. The summed E-state index contributed by atoms with van der Waals surface area (Å²) in [5, 5.41) is 2.72. The molecule has 1 fully saturated rings. The van der Waals surface area contributed by atoms with Crippen molar-refractivity contribution in [2.24, 2.45) is 0 Å². The minimum absolute atomic E-state index is 0.0451. The van der Waals surface area contributed by atoms with Gasteiger partial charge in [0.25, 0.3) is 0 Å². The highest BCUT2D eigenvalue weighted by Gasteiger charge is 2.15. The van der Waals surface area contributed by atoms with E-state index in [9.17, 15) is 9.59 Å². The van der Waals surface area contributed by atoms with Gasteiger partial charge >= 0.3 is 0 Å². The van der Waals surface area contributed by atoms with E-state index in [1.165, 1.54) is 19.8 Å². The topological polar surface area (TPSA) is 58.6 Å². The van der Waals surface area contributed by atoms with Crippen molar-refractivity contribution >= 4 is 23.5 Å². The number of methoxy groups -OCH3 is 1. The Labute approximate surface area is 166 Å². The largest absolute Gasteiger partial charge is 0.496 e. The molecule has 5 heteroatoms. The lowest BCUT2D eigenvalue weighted by Crippen LogP contribution is -2.19. The van der Waals surface area contributed by atoms with Crippen LogP contribution in [0.15, 0.2) is 48.5 Å². The Morgan fingerprint density at radius 1 is 1.11 bits per heavy atom. The van der Waals surface area contributed by atoms with Gasteiger partial charge in [0.15, 0.2) is 5.78 Å². The lowest BCUT2D eigenvalue weighted by Gasteiger charge is -2.17. The molecule has 0 aromatic heterocycles. The Balaban J connectivity index is 1.70. The highest BCUT2D eigenvalue weighted by atomic mass is 16.5. The summed E-state index contributed by atoms with van der Waals surface area (Å²) in [4.78, 5) is 26.1. The van der Waals surface area contributed by atoms with Crippen LogP contribution in [0.3, 0.4) is 0 Å². The first kappa shape index (κ1) is 19.8. The van der Waals surface area contributed by atoms with Crippen LogP contribution in [-0.4, -0.2) is 36.8 Å². The third-order valence-electron chi connectivity index (χ3n) is 4.82. The highest BCUT2D eigenvalue weighted by Crippen LogP contribution is 2.24. The van der Waals surface area contributed by atoms with Gasteiger partial charge in [-0.2, -0.15) is 0 Å². The Kier molecular flexibility index (Phi) is 6.61. The molecule has 2 aromatic carbocycles. The number of nitrogens with one attached hydrogen (secondary N) is 1. The molecule has 0 spiro atoms. The number of benzene rings is 2. The number of nitrogens with zero attached hydrogens (tertiary/aromatic N) is 1. The molecule has 0 saturated carbocycles. The summed E-state index contributed by atoms with van der Waals surface area (Å²) in [7, 11) is 1.66. The maximum atomic E-state index is 12.6. The van der Waals surface area contributed by atoms with Gasteiger partial charge in [0.2, 0.25) is 5.91 Å². The molecule has 3 rings (SSSR count). The van der Waals surface area contributed by atoms with Gasteiger partial charge in [0.1, 0.15) is 5.75 Å². The number of carbonyl (C=O) groups excluding carboxylic acids is 2. The minimum atomic E-state index is -0.109. The molecule has 28 heavy (non-hydrogen) atoms. The summed E-state index contributed by atoms with van der Waals surface area (Å²) >= 11 is 0. The lowest BCUT2D eigenvalue weighted by molar-refractivity contribution is -0.114. The predicted molar refractivity (Wildman–Crippen MR) is 112 cm³/mol. The average molecular weight is 378 g/mol. The molecule has 0 atom stereocenters. The zero-order valence-electron chi connectivity index (χ0n) is 16.4. The molecule has 2 aromatic rings. The number of allylic oxidation sites excluding steroid dienone is 1. The summed E-state index contributed by atoms with van der Waals surface area (Å²) < 4.78 is 5.47. The van der Waals surface area contributed by atoms with Gasteiger partial charge in [0, 0.05) is 30.3 Å². The number of ether oxygens (including phenoxy) is 1. The molecule has 1 aliphatic heterocycles. The van der Waals surface area contributed by atoms with Gasteiger partial charge in [0.05, 0.1) is 7.11 Å². The molecule has 0 aliphatic carbocycles. The van der Waals surface area contributed by atoms with Crippen molar-refractivity contribution in [3.63, 3.8) is 0 Å². The van der Waals surface area contributed by atoms with Gasteiger partial charge in [-0.25, -0.2) is 0 Å². The van der Waals surface area contributed by atoms with Crippen LogP contribution in [0.1, 0.15) is 41.3 Å². The smallest absolute Gasteiger partial charge is 0.221 e. The van der Waals surface area contributed by atoms with Crippen molar-refractivity contribution in [2.75, 3.05) is 25.5 Å². The van der Waals surface area contributed by atoms with Crippen LogP contribution in [0.4, 0.5) is 5.69 Å². The third-order valence-corrected chi connectivity index (χ3v) is 4.82. The van der Waals surface area contributed by atoms with E-state index >= 15 is 0 Å². The normalized spacial score (nSPS) is 14.4. The van der Waals surface area contributed by atoms with Crippen LogP contribution >= 0.6 is 0 Å². The quantitative estimate of drug-likeness (QED) is 0.581. The zero-order chi connectivity index (χ0) is 19.9. The second-order valence-electron chi connectivity index (χ2n) is 7.01. The Bertz CT molecular complexity index is 866. The van der Waals surface area contributed by atoms with Crippen LogP contribution in [0.2, 0.25) is 0 Å². The van der Waals surface area contributed by atoms with Crippen LogP contribution < -0.4 is 10.1 Å². The fraction of sp³-hybridized carbons (Fsp3) is 0.304. The summed E-state index contributed by atoms with van der Waals surface area (Å²) in [6.45, 7) is 4.46. The third kappa shape index (κ3) is 5.30. The van der Waals surface area contributed by atoms with Crippen molar-refractivity contribution in [3.05, 3.63) is 65.2 Å². The van der Waals surface area contributed by atoms with E-state index in [0.29, 0.717) is 5.56 Å². The lowest BCUT2D eigenvalue weighted by atomic mass is 10.0. The fourth-order valence-corrected chi connectivity index (χ4v) is 3.39. The first-order chi connectivity index (χ1) is 13.5. The van der Waals surface area contributed by atoms with Gasteiger partial charge < -0.3 is 10.1 Å². The molecule has 1 heterocycles. The maximum Gasteiger partial charge on any atom is 0.221 e. The molecule has 0 bridgehead atoms. The van der Waals surface area contributed by atoms with Gasteiger partial charge in [-0.3, -0.25) is 14.5 Å². The molecule has 1 aliphatic rings. The number of anilines is 1. The van der Waals surface area contributed by atoms with E-state index in [-0.39, 0.29) is 11.7 Å². The van der Waals surface area contributed by atoms with Crippen molar-refractivity contribution in [1.29, 1.82) is 0 Å². The van der Waals surface area contributed by atoms with Crippen LogP contribution in [0, 0.1) is 0 Å². The zero-order valence-corrected chi connectivity index (χ0v) is 16.4. The Hall–Kier alpha value is -2.92. The number of carbonyl (C=O) groups is 2. The van der Waals surface area contributed by atoms with Crippen molar-refractivity contribution in [3.8, 4) is 5.75 Å². The molecule has 146 valence electrons. The van der Waals surface area contributed by atoms with E-state index in [0.717, 1.165) is 42.2 Å². The monoisotopic (exact) mass is 378 g/mol. The SMILES string of the molecule is COc1ccc(C(=O)/C=C/c2ccc(NC(C)=O)cc2)cc1CN1CCCC1. The molecule has 0 unspecified atom stereocenters. The summed E-state index contributed by atoms with van der Waals surface area (Å²) in [6.07, 6.45) is 5.81.